The summed E-state index contributed by atoms with van der Waals surface area (Å²) in [7, 11) is 1.70. The van der Waals surface area contributed by atoms with Crippen LogP contribution in [-0.2, 0) is 0 Å². The fraction of sp³-hybridized carbons (Fsp3) is 0.571. The molecule has 0 spiro atoms. The maximum atomic E-state index is 5.13. The van der Waals surface area contributed by atoms with E-state index in [4.69, 9.17) is 4.74 Å². The van der Waals surface area contributed by atoms with Gasteiger partial charge in [-0.15, -0.1) is 11.8 Å². The first kappa shape index (κ1) is 14.4. The summed E-state index contributed by atoms with van der Waals surface area (Å²) in [6, 6.07) is 8.87. The Morgan fingerprint density at radius 2 is 2.00 bits per heavy atom. The van der Waals surface area contributed by atoms with Crippen LogP contribution < -0.4 is 10.1 Å². The second kappa shape index (κ2) is 8.43. The molecule has 3 heteroatoms. The molecule has 0 fully saturated rings. The summed E-state index contributed by atoms with van der Waals surface area (Å²) in [6.07, 6.45) is 2.51. The van der Waals surface area contributed by atoms with Crippen molar-refractivity contribution >= 4 is 11.8 Å². The molecule has 1 rings (SSSR count). The molecular formula is C14H23NOS. The van der Waals surface area contributed by atoms with Crippen molar-refractivity contribution in [1.82, 2.24) is 5.32 Å². The Morgan fingerprint density at radius 1 is 1.29 bits per heavy atom. The molecule has 0 aliphatic heterocycles. The highest BCUT2D eigenvalue weighted by Gasteiger charge is 1.99. The van der Waals surface area contributed by atoms with Crippen molar-refractivity contribution in [2.45, 2.75) is 37.6 Å². The number of rotatable bonds is 8. The molecule has 0 amide bonds. The zero-order chi connectivity index (χ0) is 12.5. The molecule has 0 radical (unpaired) electrons. The Balaban J connectivity index is 2.17. The first-order valence-electron chi connectivity index (χ1n) is 6.26. The summed E-state index contributed by atoms with van der Waals surface area (Å²) < 4.78 is 5.13. The van der Waals surface area contributed by atoms with Crippen molar-refractivity contribution in [3.63, 3.8) is 0 Å². The molecule has 0 saturated carbocycles. The number of nitrogens with one attached hydrogen (secondary N) is 1. The van der Waals surface area contributed by atoms with Gasteiger partial charge in [-0.25, -0.2) is 0 Å². The van der Waals surface area contributed by atoms with Crippen LogP contribution in [0.15, 0.2) is 29.2 Å². The van der Waals surface area contributed by atoms with Gasteiger partial charge in [0.2, 0.25) is 0 Å². The smallest absolute Gasteiger partial charge is 0.118 e. The van der Waals surface area contributed by atoms with Crippen LogP contribution in [0.4, 0.5) is 0 Å². The van der Waals surface area contributed by atoms with E-state index in [9.17, 15) is 0 Å². The van der Waals surface area contributed by atoms with Gasteiger partial charge in [0.15, 0.2) is 0 Å². The highest BCUT2D eigenvalue weighted by molar-refractivity contribution is 7.99. The molecule has 17 heavy (non-hydrogen) atoms. The van der Waals surface area contributed by atoms with E-state index in [1.54, 1.807) is 7.11 Å². The molecule has 1 N–H and O–H groups in total. The van der Waals surface area contributed by atoms with E-state index in [0.29, 0.717) is 6.04 Å². The van der Waals surface area contributed by atoms with Crippen molar-refractivity contribution in [3.05, 3.63) is 24.3 Å². The Hall–Kier alpha value is -0.670. The zero-order valence-electron chi connectivity index (χ0n) is 11.0. The quantitative estimate of drug-likeness (QED) is 0.565. The topological polar surface area (TPSA) is 21.3 Å². The van der Waals surface area contributed by atoms with E-state index in [0.717, 1.165) is 18.0 Å². The Bertz CT molecular complexity index is 300. The van der Waals surface area contributed by atoms with Crippen molar-refractivity contribution in [1.29, 1.82) is 0 Å². The van der Waals surface area contributed by atoms with E-state index < -0.39 is 0 Å². The third kappa shape index (κ3) is 5.99. The Labute approximate surface area is 109 Å². The van der Waals surface area contributed by atoms with Gasteiger partial charge in [0.1, 0.15) is 5.75 Å². The van der Waals surface area contributed by atoms with Gasteiger partial charge < -0.3 is 10.1 Å². The van der Waals surface area contributed by atoms with Crippen LogP contribution in [0, 0.1) is 0 Å². The molecule has 0 aromatic heterocycles. The number of benzene rings is 1. The average Bonchev–Trinajstić information content (AvgIpc) is 2.36. The minimum absolute atomic E-state index is 0.636. The van der Waals surface area contributed by atoms with Crippen LogP contribution >= 0.6 is 11.8 Å². The molecule has 1 aromatic carbocycles. The van der Waals surface area contributed by atoms with Crippen molar-refractivity contribution in [2.75, 3.05) is 19.4 Å². The number of thioether (sulfide) groups is 1. The third-order valence-corrected chi connectivity index (χ3v) is 3.66. The number of ether oxygens (including phenoxy) is 1. The molecule has 96 valence electrons. The van der Waals surface area contributed by atoms with Gasteiger partial charge in [0.05, 0.1) is 7.11 Å². The fourth-order valence-corrected chi connectivity index (χ4v) is 2.47. The molecule has 1 unspecified atom stereocenters. The van der Waals surface area contributed by atoms with Crippen LogP contribution in [0.2, 0.25) is 0 Å². The van der Waals surface area contributed by atoms with Crippen LogP contribution in [0.1, 0.15) is 26.7 Å². The molecule has 0 heterocycles. The van der Waals surface area contributed by atoms with Crippen molar-refractivity contribution < 1.29 is 4.74 Å². The number of hydrogen-bond donors (Lipinski definition) is 1. The first-order valence-corrected chi connectivity index (χ1v) is 7.25. The molecule has 0 saturated heterocycles. The Morgan fingerprint density at radius 3 is 2.59 bits per heavy atom. The number of methoxy groups -OCH3 is 1. The van der Waals surface area contributed by atoms with Crippen LogP contribution in [-0.4, -0.2) is 25.4 Å². The van der Waals surface area contributed by atoms with E-state index in [2.05, 4.69) is 31.3 Å². The summed E-state index contributed by atoms with van der Waals surface area (Å²) in [4.78, 5) is 1.30. The minimum atomic E-state index is 0.636. The third-order valence-electron chi connectivity index (χ3n) is 2.64. The molecule has 0 aliphatic carbocycles. The predicted octanol–water partition coefficient (Wildman–Crippen LogP) is 3.57. The molecule has 1 atom stereocenters. The maximum Gasteiger partial charge on any atom is 0.118 e. The predicted molar refractivity (Wildman–Crippen MR) is 76.1 cm³/mol. The summed E-state index contributed by atoms with van der Waals surface area (Å²) in [5, 5.41) is 3.53. The van der Waals surface area contributed by atoms with Crippen molar-refractivity contribution in [2.24, 2.45) is 0 Å². The lowest BCUT2D eigenvalue weighted by Gasteiger charge is -2.12. The monoisotopic (exact) mass is 253 g/mol. The normalized spacial score (nSPS) is 12.4. The average molecular weight is 253 g/mol. The lowest BCUT2D eigenvalue weighted by atomic mass is 10.2. The van der Waals surface area contributed by atoms with Gasteiger partial charge in [0.25, 0.3) is 0 Å². The summed E-state index contributed by atoms with van der Waals surface area (Å²) in [5.41, 5.74) is 0. The number of hydrogen-bond acceptors (Lipinski definition) is 3. The van der Waals surface area contributed by atoms with Gasteiger partial charge in [-0.1, -0.05) is 13.3 Å². The molecule has 0 aliphatic rings. The zero-order valence-corrected chi connectivity index (χ0v) is 11.8. The fourth-order valence-electron chi connectivity index (χ4n) is 1.68. The SMILES string of the molecule is CCCC(C)NCCSc1ccc(OC)cc1. The first-order chi connectivity index (χ1) is 8.26. The Kier molecular flexibility index (Phi) is 7.13. The van der Waals surface area contributed by atoms with Gasteiger partial charge in [0, 0.05) is 23.2 Å². The lowest BCUT2D eigenvalue weighted by Crippen LogP contribution is -2.27. The maximum absolute atomic E-state index is 5.13. The highest BCUT2D eigenvalue weighted by Crippen LogP contribution is 2.20. The molecule has 0 bridgehead atoms. The standard InChI is InChI=1S/C14H23NOS/c1-4-5-12(2)15-10-11-17-14-8-6-13(16-3)7-9-14/h6-9,12,15H,4-5,10-11H2,1-3H3. The van der Waals surface area contributed by atoms with Gasteiger partial charge in [-0.3, -0.25) is 0 Å². The molecule has 2 nitrogen and oxygen atoms in total. The summed E-state index contributed by atoms with van der Waals surface area (Å²) >= 11 is 1.88. The van der Waals surface area contributed by atoms with Crippen LogP contribution in [0.3, 0.4) is 0 Å². The van der Waals surface area contributed by atoms with E-state index >= 15 is 0 Å². The lowest BCUT2D eigenvalue weighted by molar-refractivity contribution is 0.414. The highest BCUT2D eigenvalue weighted by atomic mass is 32.2. The summed E-state index contributed by atoms with van der Waals surface area (Å²) in [5.74, 6) is 2.03. The van der Waals surface area contributed by atoms with Crippen LogP contribution in [0.25, 0.3) is 0 Å². The van der Waals surface area contributed by atoms with E-state index in [1.807, 2.05) is 23.9 Å². The summed E-state index contributed by atoms with van der Waals surface area (Å²) in [6.45, 7) is 5.55. The minimum Gasteiger partial charge on any atom is -0.497 e. The van der Waals surface area contributed by atoms with E-state index in [-0.39, 0.29) is 0 Å². The second-order valence-electron chi connectivity index (χ2n) is 4.17. The largest absolute Gasteiger partial charge is 0.497 e. The molecular weight excluding hydrogens is 230 g/mol. The second-order valence-corrected chi connectivity index (χ2v) is 5.34. The van der Waals surface area contributed by atoms with E-state index in [1.165, 1.54) is 17.7 Å². The van der Waals surface area contributed by atoms with Gasteiger partial charge in [-0.05, 0) is 37.6 Å². The van der Waals surface area contributed by atoms with Gasteiger partial charge >= 0.3 is 0 Å². The molecule has 1 aromatic rings. The van der Waals surface area contributed by atoms with Crippen molar-refractivity contribution in [3.8, 4) is 5.75 Å². The van der Waals surface area contributed by atoms with Gasteiger partial charge in [-0.2, -0.15) is 0 Å². The van der Waals surface area contributed by atoms with Crippen LogP contribution in [0.5, 0.6) is 5.75 Å².